The average molecular weight is 321 g/mol. The van der Waals surface area contributed by atoms with Crippen LogP contribution in [-0.4, -0.2) is 20.3 Å². The van der Waals surface area contributed by atoms with Crippen LogP contribution < -0.4 is 10.9 Å². The van der Waals surface area contributed by atoms with Gasteiger partial charge in [0.05, 0.1) is 16.6 Å². The number of halogens is 1. The second kappa shape index (κ2) is 5.62. The lowest BCUT2D eigenvalue weighted by Gasteiger charge is -2.11. The van der Waals surface area contributed by atoms with E-state index in [0.29, 0.717) is 11.3 Å². The largest absolute Gasteiger partial charge is 0.312 e. The highest BCUT2D eigenvalue weighted by atomic mass is 19.1. The SMILES string of the molecule is O=C(NNc1nc2cc(F)ccc2n2cccc12)c1ccccn1. The third kappa shape index (κ3) is 2.41. The number of anilines is 1. The molecule has 1 amide bonds. The molecule has 4 aromatic rings. The van der Waals surface area contributed by atoms with E-state index in [2.05, 4.69) is 20.8 Å². The maximum atomic E-state index is 13.5. The number of rotatable bonds is 3. The van der Waals surface area contributed by atoms with Crippen molar-refractivity contribution in [1.82, 2.24) is 19.8 Å². The zero-order valence-electron chi connectivity index (χ0n) is 12.4. The van der Waals surface area contributed by atoms with Crippen molar-refractivity contribution in [2.24, 2.45) is 0 Å². The molecule has 0 atom stereocenters. The van der Waals surface area contributed by atoms with E-state index in [1.54, 1.807) is 24.3 Å². The van der Waals surface area contributed by atoms with Gasteiger partial charge in [-0.05, 0) is 36.4 Å². The number of hydrogen-bond donors (Lipinski definition) is 2. The summed E-state index contributed by atoms with van der Waals surface area (Å²) in [5.74, 6) is -0.339. The number of hydrogen-bond acceptors (Lipinski definition) is 4. The van der Waals surface area contributed by atoms with Crippen molar-refractivity contribution in [3.8, 4) is 0 Å². The molecule has 3 aromatic heterocycles. The first kappa shape index (κ1) is 14.1. The number of carbonyl (C=O) groups excluding carboxylic acids is 1. The van der Waals surface area contributed by atoms with Gasteiger partial charge in [-0.2, -0.15) is 0 Å². The summed E-state index contributed by atoms with van der Waals surface area (Å²) in [5, 5.41) is 0. The van der Waals surface area contributed by atoms with E-state index in [1.807, 2.05) is 22.7 Å². The van der Waals surface area contributed by atoms with Crippen LogP contribution in [0.15, 0.2) is 60.9 Å². The van der Waals surface area contributed by atoms with Crippen LogP contribution in [0.5, 0.6) is 0 Å². The number of carbonyl (C=O) groups is 1. The predicted octanol–water partition coefficient (Wildman–Crippen LogP) is 2.78. The topological polar surface area (TPSA) is 71.3 Å². The molecular weight excluding hydrogens is 309 g/mol. The van der Waals surface area contributed by atoms with Gasteiger partial charge >= 0.3 is 0 Å². The third-order valence-electron chi connectivity index (χ3n) is 3.61. The van der Waals surface area contributed by atoms with Gasteiger partial charge < -0.3 is 4.40 Å². The predicted molar refractivity (Wildman–Crippen MR) is 88.0 cm³/mol. The third-order valence-corrected chi connectivity index (χ3v) is 3.61. The van der Waals surface area contributed by atoms with Gasteiger partial charge in [0.25, 0.3) is 5.91 Å². The molecule has 3 heterocycles. The van der Waals surface area contributed by atoms with Crippen molar-refractivity contribution in [3.63, 3.8) is 0 Å². The number of fused-ring (bicyclic) bond motifs is 3. The number of hydrazine groups is 1. The normalized spacial score (nSPS) is 10.9. The van der Waals surface area contributed by atoms with Crippen molar-refractivity contribution in [1.29, 1.82) is 0 Å². The van der Waals surface area contributed by atoms with E-state index in [-0.39, 0.29) is 17.4 Å². The van der Waals surface area contributed by atoms with Gasteiger partial charge in [-0.25, -0.2) is 9.37 Å². The number of nitrogens with zero attached hydrogens (tertiary/aromatic N) is 3. The monoisotopic (exact) mass is 321 g/mol. The minimum Gasteiger partial charge on any atom is -0.312 e. The van der Waals surface area contributed by atoms with Crippen molar-refractivity contribution in [2.45, 2.75) is 0 Å². The summed E-state index contributed by atoms with van der Waals surface area (Å²) in [4.78, 5) is 20.5. The van der Waals surface area contributed by atoms with Crippen LogP contribution in [0.2, 0.25) is 0 Å². The second-order valence-corrected chi connectivity index (χ2v) is 5.15. The zero-order valence-corrected chi connectivity index (χ0v) is 12.4. The number of nitrogens with one attached hydrogen (secondary N) is 2. The number of benzene rings is 1. The lowest BCUT2D eigenvalue weighted by atomic mass is 10.3. The number of pyridine rings is 1. The summed E-state index contributed by atoms with van der Waals surface area (Å²) in [6, 6.07) is 13.2. The molecule has 0 fully saturated rings. The molecule has 4 rings (SSSR count). The Morgan fingerprint density at radius 1 is 1.08 bits per heavy atom. The summed E-state index contributed by atoms with van der Waals surface area (Å²) in [7, 11) is 0. The van der Waals surface area contributed by atoms with Crippen molar-refractivity contribution < 1.29 is 9.18 Å². The van der Waals surface area contributed by atoms with Crippen LogP contribution in [0.3, 0.4) is 0 Å². The average Bonchev–Trinajstić information content (AvgIpc) is 3.10. The van der Waals surface area contributed by atoms with E-state index in [0.717, 1.165) is 11.0 Å². The van der Waals surface area contributed by atoms with Crippen LogP contribution >= 0.6 is 0 Å². The first-order chi connectivity index (χ1) is 11.7. The highest BCUT2D eigenvalue weighted by molar-refractivity contribution is 5.93. The maximum absolute atomic E-state index is 13.5. The summed E-state index contributed by atoms with van der Waals surface area (Å²) in [6.45, 7) is 0. The Balaban J connectivity index is 1.70. The quantitative estimate of drug-likeness (QED) is 0.569. The van der Waals surface area contributed by atoms with E-state index in [9.17, 15) is 9.18 Å². The van der Waals surface area contributed by atoms with Gasteiger partial charge in [-0.15, -0.1) is 0 Å². The molecule has 7 heteroatoms. The Hall–Kier alpha value is -3.48. The van der Waals surface area contributed by atoms with Crippen LogP contribution in [0, 0.1) is 5.82 Å². The van der Waals surface area contributed by atoms with Gasteiger partial charge in [0.15, 0.2) is 5.82 Å². The summed E-state index contributed by atoms with van der Waals surface area (Å²) in [5.41, 5.74) is 7.64. The minimum absolute atomic E-state index is 0.281. The maximum Gasteiger partial charge on any atom is 0.288 e. The van der Waals surface area contributed by atoms with Crippen LogP contribution in [0.4, 0.5) is 10.2 Å². The minimum atomic E-state index is -0.388. The molecule has 0 saturated carbocycles. The Bertz CT molecular complexity index is 1040. The van der Waals surface area contributed by atoms with Gasteiger partial charge in [-0.1, -0.05) is 6.07 Å². The van der Waals surface area contributed by atoms with Crippen molar-refractivity contribution >= 4 is 28.3 Å². The van der Waals surface area contributed by atoms with Crippen LogP contribution in [-0.2, 0) is 0 Å². The fraction of sp³-hybridized carbons (Fsp3) is 0. The molecule has 1 aromatic carbocycles. The highest BCUT2D eigenvalue weighted by Gasteiger charge is 2.11. The molecule has 24 heavy (non-hydrogen) atoms. The van der Waals surface area contributed by atoms with Crippen LogP contribution in [0.25, 0.3) is 16.6 Å². The fourth-order valence-electron chi connectivity index (χ4n) is 2.52. The number of aromatic nitrogens is 3. The molecule has 6 nitrogen and oxygen atoms in total. The van der Waals surface area contributed by atoms with E-state index in [4.69, 9.17) is 0 Å². The van der Waals surface area contributed by atoms with E-state index in [1.165, 1.54) is 18.3 Å². The van der Waals surface area contributed by atoms with Gasteiger partial charge in [0.1, 0.15) is 11.5 Å². The molecule has 0 unspecified atom stereocenters. The molecular formula is C17H12FN5O. The van der Waals surface area contributed by atoms with Gasteiger partial charge in [-0.3, -0.25) is 20.6 Å². The number of amides is 1. The molecule has 0 bridgehead atoms. The summed E-state index contributed by atoms with van der Waals surface area (Å²) < 4.78 is 15.4. The standard InChI is InChI=1S/C17H12FN5O/c18-11-6-7-14-13(10-11)20-16(15-5-3-9-23(14)15)21-22-17(24)12-4-1-2-8-19-12/h1-10H,(H,20,21)(H,22,24). The first-order valence-electron chi connectivity index (χ1n) is 7.26. The molecule has 2 N–H and O–H groups in total. The van der Waals surface area contributed by atoms with E-state index >= 15 is 0 Å². The molecule has 0 aliphatic rings. The Morgan fingerprint density at radius 3 is 2.83 bits per heavy atom. The molecule has 0 radical (unpaired) electrons. The summed E-state index contributed by atoms with van der Waals surface area (Å²) >= 11 is 0. The fourth-order valence-corrected chi connectivity index (χ4v) is 2.52. The van der Waals surface area contributed by atoms with E-state index < -0.39 is 0 Å². The Morgan fingerprint density at radius 2 is 2.00 bits per heavy atom. The van der Waals surface area contributed by atoms with Crippen LogP contribution in [0.1, 0.15) is 10.5 Å². The lowest BCUT2D eigenvalue weighted by Crippen LogP contribution is -2.30. The molecule has 0 saturated heterocycles. The highest BCUT2D eigenvalue weighted by Crippen LogP contribution is 2.22. The Kier molecular flexibility index (Phi) is 3.31. The molecule has 0 spiro atoms. The van der Waals surface area contributed by atoms with Crippen molar-refractivity contribution in [2.75, 3.05) is 5.43 Å². The molecule has 118 valence electrons. The summed E-state index contributed by atoms with van der Waals surface area (Å²) in [6.07, 6.45) is 3.39. The van der Waals surface area contributed by atoms with Crippen molar-refractivity contribution in [3.05, 3.63) is 72.4 Å². The van der Waals surface area contributed by atoms with Gasteiger partial charge in [0.2, 0.25) is 0 Å². The van der Waals surface area contributed by atoms with Gasteiger partial charge in [0, 0.05) is 18.5 Å². The smallest absolute Gasteiger partial charge is 0.288 e. The molecule has 0 aliphatic heterocycles. The second-order valence-electron chi connectivity index (χ2n) is 5.15. The molecule has 0 aliphatic carbocycles. The lowest BCUT2D eigenvalue weighted by molar-refractivity contribution is 0.0957. The zero-order chi connectivity index (χ0) is 16.5. The Labute approximate surface area is 135 Å². The first-order valence-corrected chi connectivity index (χ1v) is 7.26.